The fourth-order valence-corrected chi connectivity index (χ4v) is 2.70. The number of nitrogens with zero attached hydrogens (tertiary/aromatic N) is 4. The number of methoxy groups -OCH3 is 1. The van der Waals surface area contributed by atoms with Gasteiger partial charge >= 0.3 is 6.18 Å². The highest BCUT2D eigenvalue weighted by molar-refractivity contribution is 6.00. The normalized spacial score (nSPS) is 12.7. The number of carbonyl (C=O) groups is 1. The van der Waals surface area contributed by atoms with Crippen molar-refractivity contribution < 1.29 is 27.4 Å². The van der Waals surface area contributed by atoms with Gasteiger partial charge in [0.25, 0.3) is 5.91 Å². The molecule has 0 saturated carbocycles. The van der Waals surface area contributed by atoms with Crippen LogP contribution >= 0.6 is 0 Å². The van der Waals surface area contributed by atoms with Crippen molar-refractivity contribution in [2.75, 3.05) is 19.0 Å². The molecule has 0 aliphatic rings. The molecule has 11 heteroatoms. The SMILES string of the molecule is CO[C@@H](C)C(=O)Nc1nccc2nn(Cc3cnc(OCC(F)(F)F)c(C)c3)cc12. The van der Waals surface area contributed by atoms with E-state index in [1.807, 2.05) is 0 Å². The van der Waals surface area contributed by atoms with Gasteiger partial charge in [0.05, 0.1) is 17.4 Å². The van der Waals surface area contributed by atoms with Crippen LogP contribution in [0.5, 0.6) is 5.88 Å². The maximum Gasteiger partial charge on any atom is 0.422 e. The Labute approximate surface area is 170 Å². The lowest BCUT2D eigenvalue weighted by atomic mass is 10.2. The molecule has 3 rings (SSSR count). The number of aryl methyl sites for hydroxylation is 1. The Morgan fingerprint density at radius 2 is 2.10 bits per heavy atom. The minimum Gasteiger partial charge on any atom is -0.468 e. The molecule has 0 aliphatic carbocycles. The average molecular weight is 423 g/mol. The second-order valence-corrected chi connectivity index (χ2v) is 6.66. The zero-order valence-corrected chi connectivity index (χ0v) is 16.5. The Balaban J connectivity index is 1.77. The van der Waals surface area contributed by atoms with E-state index < -0.39 is 18.9 Å². The largest absolute Gasteiger partial charge is 0.468 e. The molecule has 0 radical (unpaired) electrons. The summed E-state index contributed by atoms with van der Waals surface area (Å²) in [5.74, 6) is -0.0412. The number of fused-ring (bicyclic) bond motifs is 1. The van der Waals surface area contributed by atoms with Crippen LogP contribution in [0.2, 0.25) is 0 Å². The van der Waals surface area contributed by atoms with Gasteiger partial charge in [-0.15, -0.1) is 0 Å². The van der Waals surface area contributed by atoms with Crippen molar-refractivity contribution in [2.45, 2.75) is 32.7 Å². The highest BCUT2D eigenvalue weighted by Crippen LogP contribution is 2.23. The van der Waals surface area contributed by atoms with Crippen LogP contribution in [0.1, 0.15) is 18.1 Å². The summed E-state index contributed by atoms with van der Waals surface area (Å²) in [6.07, 6.45) is -0.371. The molecular formula is C19H20F3N5O3. The summed E-state index contributed by atoms with van der Waals surface area (Å²) >= 11 is 0. The zero-order chi connectivity index (χ0) is 21.9. The summed E-state index contributed by atoms with van der Waals surface area (Å²) in [4.78, 5) is 20.2. The van der Waals surface area contributed by atoms with E-state index in [0.717, 1.165) is 5.56 Å². The van der Waals surface area contributed by atoms with Gasteiger partial charge < -0.3 is 14.8 Å². The molecule has 3 aromatic heterocycles. The van der Waals surface area contributed by atoms with E-state index in [-0.39, 0.29) is 11.8 Å². The van der Waals surface area contributed by atoms with Crippen molar-refractivity contribution in [2.24, 2.45) is 0 Å². The second-order valence-electron chi connectivity index (χ2n) is 6.66. The van der Waals surface area contributed by atoms with Crippen molar-refractivity contribution in [1.29, 1.82) is 0 Å². The first kappa shape index (κ1) is 21.5. The molecule has 30 heavy (non-hydrogen) atoms. The number of ether oxygens (including phenoxy) is 2. The first-order valence-electron chi connectivity index (χ1n) is 8.97. The number of pyridine rings is 2. The molecule has 0 fully saturated rings. The number of halogens is 3. The highest BCUT2D eigenvalue weighted by Gasteiger charge is 2.29. The van der Waals surface area contributed by atoms with Gasteiger partial charge in [-0.3, -0.25) is 9.48 Å². The second kappa shape index (κ2) is 8.66. The number of hydrogen-bond donors (Lipinski definition) is 1. The van der Waals surface area contributed by atoms with E-state index in [0.29, 0.717) is 28.8 Å². The summed E-state index contributed by atoms with van der Waals surface area (Å²) in [5, 5.41) is 7.80. The third-order valence-electron chi connectivity index (χ3n) is 4.25. The van der Waals surface area contributed by atoms with Crippen LogP contribution < -0.4 is 10.1 Å². The molecule has 0 saturated heterocycles. The summed E-state index contributed by atoms with van der Waals surface area (Å²) in [5.41, 5.74) is 1.84. The van der Waals surface area contributed by atoms with Crippen LogP contribution in [-0.4, -0.2) is 51.7 Å². The van der Waals surface area contributed by atoms with Crippen LogP contribution in [-0.2, 0) is 16.1 Å². The van der Waals surface area contributed by atoms with Crippen molar-refractivity contribution in [1.82, 2.24) is 19.7 Å². The van der Waals surface area contributed by atoms with Crippen LogP contribution in [0.4, 0.5) is 19.0 Å². The first-order chi connectivity index (χ1) is 14.2. The molecule has 0 bridgehead atoms. The Hall–Kier alpha value is -3.21. The van der Waals surface area contributed by atoms with Crippen LogP contribution in [0.3, 0.4) is 0 Å². The van der Waals surface area contributed by atoms with E-state index in [1.54, 1.807) is 36.9 Å². The Bertz CT molecular complexity index is 1050. The van der Waals surface area contributed by atoms with Gasteiger partial charge in [0.15, 0.2) is 6.61 Å². The van der Waals surface area contributed by atoms with Gasteiger partial charge in [0.2, 0.25) is 5.88 Å². The van der Waals surface area contributed by atoms with Crippen molar-refractivity contribution in [3.63, 3.8) is 0 Å². The summed E-state index contributed by atoms with van der Waals surface area (Å²) in [6, 6.07) is 3.39. The predicted molar refractivity (Wildman–Crippen MR) is 102 cm³/mol. The van der Waals surface area contributed by atoms with Crippen LogP contribution in [0.25, 0.3) is 10.9 Å². The van der Waals surface area contributed by atoms with E-state index in [1.165, 1.54) is 19.5 Å². The minimum atomic E-state index is -4.43. The molecule has 0 aliphatic heterocycles. The molecule has 0 spiro atoms. The van der Waals surface area contributed by atoms with Crippen LogP contribution in [0.15, 0.2) is 30.7 Å². The average Bonchev–Trinajstić information content (AvgIpc) is 3.09. The highest BCUT2D eigenvalue weighted by atomic mass is 19.4. The lowest BCUT2D eigenvalue weighted by Crippen LogP contribution is -2.26. The molecule has 0 aromatic carbocycles. The zero-order valence-electron chi connectivity index (χ0n) is 16.5. The monoisotopic (exact) mass is 423 g/mol. The number of anilines is 1. The lowest BCUT2D eigenvalue weighted by Gasteiger charge is -2.11. The van der Waals surface area contributed by atoms with E-state index in [9.17, 15) is 18.0 Å². The standard InChI is InChI=1S/C19H20F3N5O3/c1-11-6-13(7-24-18(11)30-10-19(20,21)22)8-27-9-14-15(26-27)4-5-23-16(14)25-17(28)12(2)29-3/h4-7,9,12H,8,10H2,1-3H3,(H,23,25,28)/t12-/m0/s1. The molecule has 1 atom stereocenters. The Morgan fingerprint density at radius 1 is 1.33 bits per heavy atom. The summed E-state index contributed by atoms with van der Waals surface area (Å²) in [6.45, 7) is 2.17. The Morgan fingerprint density at radius 3 is 2.77 bits per heavy atom. The van der Waals surface area contributed by atoms with Crippen molar-refractivity contribution in [3.8, 4) is 5.88 Å². The minimum absolute atomic E-state index is 0.0665. The number of amides is 1. The summed E-state index contributed by atoms with van der Waals surface area (Å²) in [7, 11) is 1.44. The molecule has 8 nitrogen and oxygen atoms in total. The summed E-state index contributed by atoms with van der Waals surface area (Å²) < 4.78 is 48.3. The van der Waals surface area contributed by atoms with E-state index >= 15 is 0 Å². The topological polar surface area (TPSA) is 91.2 Å². The number of alkyl halides is 3. The van der Waals surface area contributed by atoms with Gasteiger partial charge in [0.1, 0.15) is 11.9 Å². The number of hydrogen-bond acceptors (Lipinski definition) is 6. The van der Waals surface area contributed by atoms with E-state index in [4.69, 9.17) is 9.47 Å². The van der Waals surface area contributed by atoms with Crippen molar-refractivity contribution in [3.05, 3.63) is 41.9 Å². The van der Waals surface area contributed by atoms with Gasteiger partial charge in [-0.2, -0.15) is 18.3 Å². The third kappa shape index (κ3) is 5.23. The number of nitrogens with one attached hydrogen (secondary N) is 1. The third-order valence-corrected chi connectivity index (χ3v) is 4.25. The number of carbonyl (C=O) groups excluding carboxylic acids is 1. The van der Waals surface area contributed by atoms with Gasteiger partial charge in [-0.25, -0.2) is 9.97 Å². The molecule has 1 N–H and O–H groups in total. The first-order valence-corrected chi connectivity index (χ1v) is 8.97. The lowest BCUT2D eigenvalue weighted by molar-refractivity contribution is -0.154. The smallest absolute Gasteiger partial charge is 0.422 e. The fraction of sp³-hybridized carbons (Fsp3) is 0.368. The molecular weight excluding hydrogens is 403 g/mol. The quantitative estimate of drug-likeness (QED) is 0.628. The predicted octanol–water partition coefficient (Wildman–Crippen LogP) is 3.10. The van der Waals surface area contributed by atoms with Gasteiger partial charge in [-0.05, 0) is 31.5 Å². The molecule has 0 unspecified atom stereocenters. The Kier molecular flexibility index (Phi) is 6.20. The van der Waals surface area contributed by atoms with E-state index in [2.05, 4.69) is 20.4 Å². The van der Waals surface area contributed by atoms with Crippen molar-refractivity contribution >= 4 is 22.6 Å². The van der Waals surface area contributed by atoms with Gasteiger partial charge in [-0.1, -0.05) is 0 Å². The molecule has 3 aromatic rings. The van der Waals surface area contributed by atoms with Gasteiger partial charge in [0, 0.05) is 31.3 Å². The maximum atomic E-state index is 12.3. The number of rotatable bonds is 7. The fourth-order valence-electron chi connectivity index (χ4n) is 2.70. The molecule has 1 amide bonds. The maximum absolute atomic E-state index is 12.3. The molecule has 3 heterocycles. The van der Waals surface area contributed by atoms with Crippen LogP contribution in [0, 0.1) is 6.92 Å². The molecule has 160 valence electrons. The number of aromatic nitrogens is 4.